The maximum atomic E-state index is 5.29. The lowest BCUT2D eigenvalue weighted by molar-refractivity contribution is 1.17. The zero-order valence-electron chi connectivity index (χ0n) is 28.3. The van der Waals surface area contributed by atoms with Crippen LogP contribution in [-0.4, -0.2) is 14.5 Å². The fourth-order valence-corrected chi connectivity index (χ4v) is 9.10. The van der Waals surface area contributed by atoms with Crippen LogP contribution in [0.4, 0.5) is 0 Å². The van der Waals surface area contributed by atoms with Gasteiger partial charge in [-0.2, -0.15) is 0 Å². The van der Waals surface area contributed by atoms with Gasteiger partial charge in [-0.1, -0.05) is 141 Å². The maximum Gasteiger partial charge on any atom is 0.160 e. The number of benzene rings is 7. The molecule has 0 fully saturated rings. The van der Waals surface area contributed by atoms with Crippen LogP contribution in [-0.2, 0) is 0 Å². The van der Waals surface area contributed by atoms with Crippen LogP contribution in [0.15, 0.2) is 177 Å². The van der Waals surface area contributed by atoms with Crippen molar-refractivity contribution in [2.24, 2.45) is 0 Å². The topological polar surface area (TPSA) is 30.7 Å². The van der Waals surface area contributed by atoms with Gasteiger partial charge in [0, 0.05) is 63.9 Å². The van der Waals surface area contributed by atoms with Crippen LogP contribution in [0.2, 0.25) is 0 Å². The fourth-order valence-electron chi connectivity index (χ4n) is 7.85. The Kier molecular flexibility index (Phi) is 6.98. The second-order valence-electron chi connectivity index (χ2n) is 13.0. The lowest BCUT2D eigenvalue weighted by atomic mass is 9.99. The Morgan fingerprint density at radius 2 is 1.31 bits per heavy atom. The second-order valence-corrected chi connectivity index (χ2v) is 14.1. The first kappa shape index (κ1) is 30.2. The van der Waals surface area contributed by atoms with Crippen molar-refractivity contribution in [2.75, 3.05) is 0 Å². The molecule has 3 aromatic heterocycles. The van der Waals surface area contributed by atoms with Gasteiger partial charge in [0.05, 0.1) is 22.2 Å². The largest absolute Gasteiger partial charge is 0.309 e. The van der Waals surface area contributed by atoms with Crippen molar-refractivity contribution in [1.82, 2.24) is 14.5 Å². The average molecular weight is 682 g/mol. The quantitative estimate of drug-likeness (QED) is 0.164. The molecule has 3 heterocycles. The fraction of sp³-hybridized carbons (Fsp3) is 0. The standard InChI is InChI=1S/C48H31N3S/c1-3-15-30(4-2)31-16-13-17-32(28-31)45-37-22-7-10-25-40(37)49-48(50-45)33-18-14-19-34(29-33)51-41-26-11-8-23-38(41)43-44-39-24-9-12-27-42(39)52-47(44)36-21-6-5-20-35(36)46(43)51/h3-29H,1-2H2/b30-15+. The van der Waals surface area contributed by atoms with Gasteiger partial charge < -0.3 is 4.57 Å². The molecular weight excluding hydrogens is 651 g/mol. The van der Waals surface area contributed by atoms with E-state index >= 15 is 0 Å². The van der Waals surface area contributed by atoms with E-state index in [-0.39, 0.29) is 0 Å². The van der Waals surface area contributed by atoms with Gasteiger partial charge in [0.15, 0.2) is 5.82 Å². The Balaban J connectivity index is 1.24. The summed E-state index contributed by atoms with van der Waals surface area (Å²) >= 11 is 1.89. The van der Waals surface area contributed by atoms with Crippen molar-refractivity contribution in [3.63, 3.8) is 0 Å². The summed E-state index contributed by atoms with van der Waals surface area (Å²) in [5, 5.41) is 8.69. The van der Waals surface area contributed by atoms with Gasteiger partial charge in [0.1, 0.15) is 0 Å². The second kappa shape index (κ2) is 12.0. The number of aromatic nitrogens is 3. The molecule has 0 aliphatic rings. The summed E-state index contributed by atoms with van der Waals surface area (Å²) in [6, 6.07) is 51.9. The van der Waals surface area contributed by atoms with Crippen LogP contribution in [0, 0.1) is 0 Å². The van der Waals surface area contributed by atoms with E-state index in [1.165, 1.54) is 52.8 Å². The van der Waals surface area contributed by atoms with Gasteiger partial charge in [0.25, 0.3) is 0 Å². The minimum absolute atomic E-state index is 0.684. The minimum Gasteiger partial charge on any atom is -0.309 e. The van der Waals surface area contributed by atoms with Gasteiger partial charge >= 0.3 is 0 Å². The molecule has 52 heavy (non-hydrogen) atoms. The van der Waals surface area contributed by atoms with Crippen LogP contribution < -0.4 is 0 Å². The first-order valence-corrected chi connectivity index (χ1v) is 18.2. The summed E-state index contributed by atoms with van der Waals surface area (Å²) in [5.41, 5.74) is 9.29. The third-order valence-corrected chi connectivity index (χ3v) is 11.3. The molecule has 7 aromatic carbocycles. The van der Waals surface area contributed by atoms with Gasteiger partial charge in [-0.05, 0) is 47.5 Å². The zero-order valence-corrected chi connectivity index (χ0v) is 29.1. The van der Waals surface area contributed by atoms with Crippen LogP contribution in [0.1, 0.15) is 5.56 Å². The van der Waals surface area contributed by atoms with E-state index in [9.17, 15) is 0 Å². The highest BCUT2D eigenvalue weighted by molar-refractivity contribution is 7.27. The zero-order chi connectivity index (χ0) is 34.8. The SMILES string of the molecule is C=C/C=C(\C=C)c1cccc(-c2nc(-c3cccc(-n4c5ccccc5c5c6c7ccccc7sc6c6ccccc6c54)c3)nc3ccccc23)c1. The molecule has 0 bridgehead atoms. The summed E-state index contributed by atoms with van der Waals surface area (Å²) in [6.07, 6.45) is 5.63. The molecule has 0 amide bonds. The first-order valence-electron chi connectivity index (χ1n) is 17.4. The summed E-state index contributed by atoms with van der Waals surface area (Å²) in [4.78, 5) is 10.4. The van der Waals surface area contributed by atoms with Crippen molar-refractivity contribution in [3.8, 4) is 28.3 Å². The van der Waals surface area contributed by atoms with Crippen molar-refractivity contribution in [2.45, 2.75) is 0 Å². The van der Waals surface area contributed by atoms with Crippen molar-refractivity contribution >= 4 is 80.6 Å². The number of fused-ring (bicyclic) bond motifs is 11. The number of allylic oxidation sites excluding steroid dienone is 4. The third kappa shape index (κ3) is 4.58. The highest BCUT2D eigenvalue weighted by Crippen LogP contribution is 2.48. The van der Waals surface area contributed by atoms with E-state index in [2.05, 4.69) is 151 Å². The molecule has 0 saturated heterocycles. The molecule has 10 rings (SSSR count). The Bertz CT molecular complexity index is 3120. The summed E-state index contributed by atoms with van der Waals surface area (Å²) in [6.45, 7) is 7.92. The predicted octanol–water partition coefficient (Wildman–Crippen LogP) is 13.3. The van der Waals surface area contributed by atoms with Gasteiger partial charge in [0.2, 0.25) is 0 Å². The molecule has 0 aliphatic carbocycles. The molecular formula is C48H31N3S. The number of rotatable bonds is 6. The van der Waals surface area contributed by atoms with Gasteiger partial charge in [-0.25, -0.2) is 9.97 Å². The van der Waals surface area contributed by atoms with Crippen molar-refractivity contribution in [1.29, 1.82) is 0 Å². The van der Waals surface area contributed by atoms with E-state index in [0.29, 0.717) is 5.82 Å². The number of nitrogens with zero attached hydrogens (tertiary/aromatic N) is 3. The smallest absolute Gasteiger partial charge is 0.160 e. The van der Waals surface area contributed by atoms with Crippen LogP contribution >= 0.6 is 11.3 Å². The van der Waals surface area contributed by atoms with Crippen molar-refractivity contribution < 1.29 is 0 Å². The van der Waals surface area contributed by atoms with Crippen LogP contribution in [0.3, 0.4) is 0 Å². The van der Waals surface area contributed by atoms with E-state index in [4.69, 9.17) is 9.97 Å². The highest BCUT2D eigenvalue weighted by Gasteiger charge is 2.22. The van der Waals surface area contributed by atoms with Gasteiger partial charge in [-0.15, -0.1) is 11.3 Å². The molecule has 0 spiro atoms. The number of thiophene rings is 1. The molecule has 3 nitrogen and oxygen atoms in total. The highest BCUT2D eigenvalue weighted by atomic mass is 32.1. The molecule has 244 valence electrons. The van der Waals surface area contributed by atoms with E-state index in [1.54, 1.807) is 6.08 Å². The third-order valence-electron chi connectivity index (χ3n) is 10.1. The number of hydrogen-bond acceptors (Lipinski definition) is 3. The van der Waals surface area contributed by atoms with E-state index in [1.807, 2.05) is 35.6 Å². The maximum absolute atomic E-state index is 5.29. The summed E-state index contributed by atoms with van der Waals surface area (Å²) in [5.74, 6) is 0.684. The van der Waals surface area contributed by atoms with Crippen LogP contribution in [0.5, 0.6) is 0 Å². The van der Waals surface area contributed by atoms with E-state index < -0.39 is 0 Å². The lowest BCUT2D eigenvalue weighted by Gasteiger charge is -2.13. The lowest BCUT2D eigenvalue weighted by Crippen LogP contribution is -1.98. The molecule has 0 saturated carbocycles. The molecule has 0 unspecified atom stereocenters. The normalized spacial score (nSPS) is 12.1. The molecule has 0 aliphatic heterocycles. The monoisotopic (exact) mass is 681 g/mol. The van der Waals surface area contributed by atoms with Crippen LogP contribution in [0.25, 0.3) is 97.6 Å². The van der Waals surface area contributed by atoms with E-state index in [0.717, 1.165) is 44.5 Å². The summed E-state index contributed by atoms with van der Waals surface area (Å²) in [7, 11) is 0. The number of hydrogen-bond donors (Lipinski definition) is 0. The molecule has 0 atom stereocenters. The predicted molar refractivity (Wildman–Crippen MR) is 224 cm³/mol. The molecule has 0 radical (unpaired) electrons. The Labute approximate surface area is 304 Å². The molecule has 4 heteroatoms. The first-order chi connectivity index (χ1) is 25.7. The summed E-state index contributed by atoms with van der Waals surface area (Å²) < 4.78 is 5.08. The Morgan fingerprint density at radius 1 is 0.596 bits per heavy atom. The minimum atomic E-state index is 0.684. The average Bonchev–Trinajstić information content (AvgIpc) is 3.76. The van der Waals surface area contributed by atoms with Crippen molar-refractivity contribution in [3.05, 3.63) is 183 Å². The Hall–Kier alpha value is -6.62. The Morgan fingerprint density at radius 3 is 2.15 bits per heavy atom. The van der Waals surface area contributed by atoms with Gasteiger partial charge in [-0.3, -0.25) is 0 Å². The molecule has 10 aromatic rings. The molecule has 0 N–H and O–H groups in total. The number of para-hydroxylation sites is 2.